The number of thioether (sulfide) groups is 1. The number of nitrogens with one attached hydrogen (secondary N) is 1. The third kappa shape index (κ3) is 3.44. The molecule has 26 heavy (non-hydrogen) atoms. The van der Waals surface area contributed by atoms with Crippen molar-refractivity contribution in [1.82, 2.24) is 15.1 Å². The van der Waals surface area contributed by atoms with E-state index in [1.54, 1.807) is 4.68 Å². The summed E-state index contributed by atoms with van der Waals surface area (Å²) in [6.07, 6.45) is 3.72. The first-order chi connectivity index (χ1) is 12.6. The molecule has 1 N–H and O–H groups in total. The Morgan fingerprint density at radius 3 is 2.50 bits per heavy atom. The van der Waals surface area contributed by atoms with Gasteiger partial charge in [-0.15, -0.1) is 0 Å². The zero-order chi connectivity index (χ0) is 18.1. The second-order valence-electron chi connectivity index (χ2n) is 5.57. The molecule has 2 aromatic carbocycles. The highest BCUT2D eigenvalue weighted by molar-refractivity contribution is 8.26. The number of para-hydroxylation sites is 1. The third-order valence-electron chi connectivity index (χ3n) is 3.81. The molecule has 1 fully saturated rings. The van der Waals surface area contributed by atoms with Crippen LogP contribution in [0.15, 0.2) is 65.7 Å². The number of rotatable bonds is 3. The lowest BCUT2D eigenvalue weighted by atomic mass is 10.1. The molecule has 7 heteroatoms. The number of amides is 1. The summed E-state index contributed by atoms with van der Waals surface area (Å²) in [6.45, 7) is 0. The highest BCUT2D eigenvalue weighted by Gasteiger charge is 2.23. The topological polar surface area (TPSA) is 46.9 Å². The van der Waals surface area contributed by atoms with Crippen molar-refractivity contribution in [2.24, 2.45) is 0 Å². The van der Waals surface area contributed by atoms with Crippen molar-refractivity contribution in [2.75, 3.05) is 0 Å². The van der Waals surface area contributed by atoms with Gasteiger partial charge in [0, 0.05) is 22.3 Å². The lowest BCUT2D eigenvalue weighted by Crippen LogP contribution is -2.17. The van der Waals surface area contributed by atoms with E-state index in [0.717, 1.165) is 22.5 Å². The van der Waals surface area contributed by atoms with Crippen molar-refractivity contribution in [3.05, 3.63) is 76.3 Å². The highest BCUT2D eigenvalue weighted by atomic mass is 35.5. The van der Waals surface area contributed by atoms with Crippen LogP contribution in [0.25, 0.3) is 23.0 Å². The maximum atomic E-state index is 12.0. The van der Waals surface area contributed by atoms with Gasteiger partial charge in [-0.3, -0.25) is 4.79 Å². The maximum absolute atomic E-state index is 12.0. The van der Waals surface area contributed by atoms with Crippen molar-refractivity contribution in [1.29, 1.82) is 0 Å². The van der Waals surface area contributed by atoms with Crippen LogP contribution >= 0.6 is 35.6 Å². The molecular weight excluding hydrogens is 386 g/mol. The molecule has 0 atom stereocenters. The Bertz CT molecular complexity index is 1030. The predicted octanol–water partition coefficient (Wildman–Crippen LogP) is 4.68. The first-order valence-electron chi connectivity index (χ1n) is 7.76. The zero-order valence-electron chi connectivity index (χ0n) is 13.3. The Labute approximate surface area is 164 Å². The van der Waals surface area contributed by atoms with Crippen molar-refractivity contribution < 1.29 is 4.79 Å². The first-order valence-corrected chi connectivity index (χ1v) is 9.36. The summed E-state index contributed by atoms with van der Waals surface area (Å²) in [6, 6.07) is 17.3. The van der Waals surface area contributed by atoms with E-state index in [2.05, 4.69) is 5.32 Å². The van der Waals surface area contributed by atoms with E-state index in [4.69, 9.17) is 28.9 Å². The smallest absolute Gasteiger partial charge is 0.263 e. The van der Waals surface area contributed by atoms with Gasteiger partial charge in [0.1, 0.15) is 4.32 Å². The van der Waals surface area contributed by atoms with Gasteiger partial charge in [0.25, 0.3) is 5.91 Å². The lowest BCUT2D eigenvalue weighted by Gasteiger charge is -2.01. The van der Waals surface area contributed by atoms with Gasteiger partial charge in [0.15, 0.2) is 0 Å². The van der Waals surface area contributed by atoms with Crippen molar-refractivity contribution in [2.45, 2.75) is 0 Å². The summed E-state index contributed by atoms with van der Waals surface area (Å²) >= 11 is 12.3. The van der Waals surface area contributed by atoms with Gasteiger partial charge in [-0.1, -0.05) is 65.9 Å². The lowest BCUT2D eigenvalue weighted by molar-refractivity contribution is -0.115. The molecule has 4 rings (SSSR count). The van der Waals surface area contributed by atoms with Gasteiger partial charge < -0.3 is 5.32 Å². The Morgan fingerprint density at radius 2 is 1.85 bits per heavy atom. The van der Waals surface area contributed by atoms with E-state index in [9.17, 15) is 4.79 Å². The average Bonchev–Trinajstić information content (AvgIpc) is 3.20. The molecule has 0 radical (unpaired) electrons. The second-order valence-corrected chi connectivity index (χ2v) is 7.73. The summed E-state index contributed by atoms with van der Waals surface area (Å²) in [5, 5.41) is 8.02. The largest absolute Gasteiger partial charge is 0.307 e. The van der Waals surface area contributed by atoms with Gasteiger partial charge in [-0.05, 0) is 30.3 Å². The monoisotopic (exact) mass is 397 g/mol. The van der Waals surface area contributed by atoms with E-state index in [0.29, 0.717) is 14.2 Å². The molecule has 1 aromatic heterocycles. The van der Waals surface area contributed by atoms with E-state index in [1.807, 2.05) is 66.9 Å². The molecule has 128 valence electrons. The normalized spacial score (nSPS) is 15.5. The summed E-state index contributed by atoms with van der Waals surface area (Å²) in [4.78, 5) is 12.6. The van der Waals surface area contributed by atoms with Gasteiger partial charge in [0.05, 0.1) is 16.3 Å². The zero-order valence-corrected chi connectivity index (χ0v) is 15.7. The first kappa shape index (κ1) is 17.0. The van der Waals surface area contributed by atoms with Gasteiger partial charge in [-0.25, -0.2) is 4.68 Å². The minimum atomic E-state index is -0.186. The number of hydrogen-bond acceptors (Lipinski definition) is 4. The molecule has 4 nitrogen and oxygen atoms in total. The van der Waals surface area contributed by atoms with Gasteiger partial charge in [-0.2, -0.15) is 5.10 Å². The summed E-state index contributed by atoms with van der Waals surface area (Å²) in [5.74, 6) is -0.186. The van der Waals surface area contributed by atoms with Gasteiger partial charge >= 0.3 is 0 Å². The summed E-state index contributed by atoms with van der Waals surface area (Å²) in [7, 11) is 0. The van der Waals surface area contributed by atoms with Crippen LogP contribution in [0.4, 0.5) is 0 Å². The Morgan fingerprint density at radius 1 is 1.12 bits per heavy atom. The van der Waals surface area contributed by atoms with E-state index in [-0.39, 0.29) is 5.91 Å². The molecule has 3 aromatic rings. The van der Waals surface area contributed by atoms with Gasteiger partial charge in [0.2, 0.25) is 0 Å². The van der Waals surface area contributed by atoms with Crippen LogP contribution in [-0.2, 0) is 4.79 Å². The van der Waals surface area contributed by atoms with Crippen LogP contribution < -0.4 is 5.32 Å². The number of carbonyl (C=O) groups is 1. The van der Waals surface area contributed by atoms with Crippen LogP contribution in [0.3, 0.4) is 0 Å². The van der Waals surface area contributed by atoms with Crippen LogP contribution in [0.2, 0.25) is 5.02 Å². The number of nitrogens with zero attached hydrogens (tertiary/aromatic N) is 2. The fourth-order valence-electron chi connectivity index (χ4n) is 2.60. The van der Waals surface area contributed by atoms with Crippen molar-refractivity contribution in [3.8, 4) is 16.9 Å². The van der Waals surface area contributed by atoms with Crippen LogP contribution in [0.1, 0.15) is 5.56 Å². The molecule has 0 saturated carbocycles. The highest BCUT2D eigenvalue weighted by Crippen LogP contribution is 2.31. The van der Waals surface area contributed by atoms with Crippen LogP contribution in [0.5, 0.6) is 0 Å². The van der Waals surface area contributed by atoms with Crippen LogP contribution in [-0.4, -0.2) is 20.0 Å². The number of aromatic nitrogens is 2. The van der Waals surface area contributed by atoms with Crippen molar-refractivity contribution in [3.63, 3.8) is 0 Å². The molecule has 0 unspecified atom stereocenters. The Balaban J connectivity index is 1.84. The third-order valence-corrected chi connectivity index (χ3v) is 5.22. The van der Waals surface area contributed by atoms with Crippen LogP contribution in [0, 0.1) is 0 Å². The Kier molecular flexibility index (Phi) is 4.63. The average molecular weight is 398 g/mol. The molecule has 1 aliphatic heterocycles. The minimum Gasteiger partial charge on any atom is -0.307 e. The summed E-state index contributed by atoms with van der Waals surface area (Å²) < 4.78 is 2.26. The molecule has 1 aliphatic rings. The molecule has 0 spiro atoms. The molecule has 0 bridgehead atoms. The number of hydrogen-bond donors (Lipinski definition) is 1. The number of halogens is 1. The van der Waals surface area contributed by atoms with E-state index in [1.165, 1.54) is 11.8 Å². The minimum absolute atomic E-state index is 0.186. The maximum Gasteiger partial charge on any atom is 0.263 e. The Hall–Kier alpha value is -2.41. The van der Waals surface area contributed by atoms with E-state index >= 15 is 0 Å². The molecule has 2 heterocycles. The van der Waals surface area contributed by atoms with E-state index < -0.39 is 0 Å². The fraction of sp³-hybridized carbons (Fsp3) is 0. The van der Waals surface area contributed by atoms with Crippen molar-refractivity contribution >= 4 is 51.9 Å². The second kappa shape index (κ2) is 7.07. The quantitative estimate of drug-likeness (QED) is 0.514. The fourth-order valence-corrected chi connectivity index (χ4v) is 3.76. The number of thiocarbonyl (C=S) groups is 1. The number of benzene rings is 2. The molecular formula is C19H12ClN3OS2. The standard InChI is InChI=1S/C19H12ClN3OS2/c20-14-8-6-12(7-9-14)17-13(10-16-18(24)21-19(25)26-16)11-23(22-17)15-4-2-1-3-5-15/h1-11H,(H,21,24,25)/b16-10-. The summed E-state index contributed by atoms with van der Waals surface area (Å²) in [5.41, 5.74) is 3.45. The SMILES string of the molecule is O=C1NC(=S)S/C1=C\c1cn(-c2ccccc2)nc1-c1ccc(Cl)cc1. The number of carbonyl (C=O) groups excluding carboxylic acids is 1. The molecule has 1 amide bonds. The molecule has 0 aliphatic carbocycles. The molecule has 1 saturated heterocycles. The predicted molar refractivity (Wildman–Crippen MR) is 110 cm³/mol.